The molecule has 104 valence electrons. The van der Waals surface area contributed by atoms with Gasteiger partial charge in [0.1, 0.15) is 5.75 Å². The second-order valence-corrected chi connectivity index (χ2v) is 6.70. The Balaban J connectivity index is 2.29. The summed E-state index contributed by atoms with van der Waals surface area (Å²) in [6.45, 7) is 0. The maximum Gasteiger partial charge on any atom is 0.255 e. The van der Waals surface area contributed by atoms with E-state index in [-0.39, 0.29) is 5.91 Å². The van der Waals surface area contributed by atoms with Crippen LogP contribution in [0, 0.1) is 0 Å². The smallest absolute Gasteiger partial charge is 0.255 e. The highest BCUT2D eigenvalue weighted by atomic mass is 79.9. The first kappa shape index (κ1) is 15.5. The summed E-state index contributed by atoms with van der Waals surface area (Å²) in [7, 11) is 1.56. The largest absolute Gasteiger partial charge is 0.495 e. The van der Waals surface area contributed by atoms with Gasteiger partial charge in [-0.2, -0.15) is 0 Å². The zero-order valence-electron chi connectivity index (χ0n) is 10.4. The molecule has 0 aliphatic heterocycles. The van der Waals surface area contributed by atoms with Crippen LogP contribution < -0.4 is 10.1 Å². The van der Waals surface area contributed by atoms with Crippen molar-refractivity contribution in [3.8, 4) is 5.75 Å². The molecule has 0 aliphatic carbocycles. The van der Waals surface area contributed by atoms with Gasteiger partial charge in [0.2, 0.25) is 0 Å². The first-order chi connectivity index (χ1) is 9.49. The van der Waals surface area contributed by atoms with Crippen molar-refractivity contribution in [2.24, 2.45) is 0 Å². The Morgan fingerprint density at radius 3 is 2.25 bits per heavy atom. The lowest BCUT2D eigenvalue weighted by Crippen LogP contribution is -2.12. The monoisotopic (exact) mass is 461 g/mol. The maximum atomic E-state index is 12.3. The molecule has 0 saturated heterocycles. The molecule has 0 aliphatic rings. The van der Waals surface area contributed by atoms with Gasteiger partial charge in [-0.1, -0.05) is 47.8 Å². The molecule has 1 amide bonds. The fourth-order valence-electron chi connectivity index (χ4n) is 1.66. The van der Waals surface area contributed by atoms with E-state index in [0.29, 0.717) is 17.0 Å². The fraction of sp³-hybridized carbons (Fsp3) is 0.0714. The number of benzene rings is 2. The number of nitrogens with one attached hydrogen (secondary N) is 1. The average molecular weight is 464 g/mol. The first-order valence-electron chi connectivity index (χ1n) is 5.60. The number of rotatable bonds is 3. The predicted octanol–water partition coefficient (Wildman–Crippen LogP) is 5.24. The maximum absolute atomic E-state index is 12.3. The van der Waals surface area contributed by atoms with Crippen LogP contribution in [-0.2, 0) is 0 Å². The minimum atomic E-state index is -0.205. The van der Waals surface area contributed by atoms with Crippen molar-refractivity contribution in [2.75, 3.05) is 12.4 Å². The van der Waals surface area contributed by atoms with Gasteiger partial charge in [0.15, 0.2) is 0 Å². The van der Waals surface area contributed by atoms with Gasteiger partial charge in [-0.15, -0.1) is 0 Å². The Labute approximate surface area is 142 Å². The van der Waals surface area contributed by atoms with Gasteiger partial charge in [0, 0.05) is 19.0 Å². The number of methoxy groups -OCH3 is 1. The summed E-state index contributed by atoms with van der Waals surface area (Å²) in [6.07, 6.45) is 0. The summed E-state index contributed by atoms with van der Waals surface area (Å²) in [5.74, 6) is 0.402. The summed E-state index contributed by atoms with van der Waals surface area (Å²) in [4.78, 5) is 12.3. The molecule has 0 radical (unpaired) electrons. The van der Waals surface area contributed by atoms with E-state index in [0.717, 1.165) is 13.4 Å². The van der Waals surface area contributed by atoms with E-state index in [2.05, 4.69) is 53.1 Å². The summed E-state index contributed by atoms with van der Waals surface area (Å²) in [5, 5.41) is 2.84. The zero-order valence-corrected chi connectivity index (χ0v) is 15.2. The van der Waals surface area contributed by atoms with Gasteiger partial charge in [0.05, 0.1) is 12.8 Å². The van der Waals surface area contributed by atoms with Crippen molar-refractivity contribution in [3.63, 3.8) is 0 Å². The Morgan fingerprint density at radius 2 is 1.65 bits per heavy atom. The Morgan fingerprint density at radius 1 is 1.00 bits per heavy atom. The van der Waals surface area contributed by atoms with Crippen LogP contribution in [0.5, 0.6) is 5.75 Å². The Hall–Kier alpha value is -0.850. The lowest BCUT2D eigenvalue weighted by atomic mass is 10.2. The van der Waals surface area contributed by atoms with Crippen molar-refractivity contribution in [1.82, 2.24) is 0 Å². The molecule has 0 aromatic heterocycles. The molecule has 0 atom stereocenters. The van der Waals surface area contributed by atoms with E-state index in [9.17, 15) is 4.79 Å². The fourth-order valence-corrected chi connectivity index (χ4v) is 3.31. The highest BCUT2D eigenvalue weighted by Gasteiger charge is 2.11. The number of ether oxygens (including phenoxy) is 1. The number of hydrogen-bond acceptors (Lipinski definition) is 2. The van der Waals surface area contributed by atoms with E-state index in [1.165, 1.54) is 0 Å². The summed E-state index contributed by atoms with van der Waals surface area (Å²) in [6, 6.07) is 10.8. The third kappa shape index (κ3) is 3.84. The molecule has 0 saturated carbocycles. The molecule has 6 heteroatoms. The quantitative estimate of drug-likeness (QED) is 0.676. The lowest BCUT2D eigenvalue weighted by Gasteiger charge is -2.11. The molecule has 3 nitrogen and oxygen atoms in total. The van der Waals surface area contributed by atoms with Gasteiger partial charge in [-0.05, 0) is 36.4 Å². The van der Waals surface area contributed by atoms with Crippen LogP contribution >= 0.6 is 47.8 Å². The lowest BCUT2D eigenvalue weighted by molar-refractivity contribution is 0.102. The van der Waals surface area contributed by atoms with Gasteiger partial charge >= 0.3 is 0 Å². The third-order valence-corrected chi connectivity index (χ3v) is 3.94. The second-order valence-electron chi connectivity index (χ2n) is 3.96. The average Bonchev–Trinajstić information content (AvgIpc) is 2.37. The molecule has 1 N–H and O–H groups in total. The van der Waals surface area contributed by atoms with Gasteiger partial charge in [-0.25, -0.2) is 0 Å². The van der Waals surface area contributed by atoms with Crippen LogP contribution in [0.25, 0.3) is 0 Å². The van der Waals surface area contributed by atoms with E-state index in [1.54, 1.807) is 31.4 Å². The van der Waals surface area contributed by atoms with Crippen molar-refractivity contribution in [3.05, 3.63) is 55.4 Å². The van der Waals surface area contributed by atoms with E-state index in [1.807, 2.05) is 12.1 Å². The van der Waals surface area contributed by atoms with Gasteiger partial charge in [-0.3, -0.25) is 4.79 Å². The normalized spacial score (nSPS) is 10.2. The molecule has 2 aromatic carbocycles. The van der Waals surface area contributed by atoms with Crippen LogP contribution in [0.1, 0.15) is 10.4 Å². The van der Waals surface area contributed by atoms with E-state index < -0.39 is 0 Å². The minimum Gasteiger partial charge on any atom is -0.495 e. The topological polar surface area (TPSA) is 38.3 Å². The number of hydrogen-bond donors (Lipinski definition) is 1. The summed E-state index contributed by atoms with van der Waals surface area (Å²) < 4.78 is 7.76. The number of carbonyl (C=O) groups excluding carboxylic acids is 1. The highest BCUT2D eigenvalue weighted by Crippen LogP contribution is 2.29. The number of carbonyl (C=O) groups is 1. The molecule has 0 spiro atoms. The standard InChI is InChI=1S/C14H10Br3NO2/c1-20-13-3-2-9(15)7-12(13)18-14(19)8-4-10(16)6-11(17)5-8/h2-7H,1H3,(H,18,19). The minimum absolute atomic E-state index is 0.205. The molecule has 20 heavy (non-hydrogen) atoms. The molecular weight excluding hydrogens is 454 g/mol. The highest BCUT2D eigenvalue weighted by molar-refractivity contribution is 9.11. The van der Waals surface area contributed by atoms with Crippen LogP contribution in [0.4, 0.5) is 5.69 Å². The van der Waals surface area contributed by atoms with Gasteiger partial charge < -0.3 is 10.1 Å². The third-order valence-electron chi connectivity index (χ3n) is 2.53. The van der Waals surface area contributed by atoms with Crippen molar-refractivity contribution >= 4 is 59.4 Å². The number of amides is 1. The number of anilines is 1. The van der Waals surface area contributed by atoms with Crippen molar-refractivity contribution in [1.29, 1.82) is 0 Å². The molecule has 0 heterocycles. The molecule has 0 fully saturated rings. The Kier molecular flexibility index (Phi) is 5.23. The van der Waals surface area contributed by atoms with Crippen LogP contribution in [-0.4, -0.2) is 13.0 Å². The summed E-state index contributed by atoms with van der Waals surface area (Å²) >= 11 is 10.1. The molecule has 2 aromatic rings. The van der Waals surface area contributed by atoms with Crippen LogP contribution in [0.2, 0.25) is 0 Å². The second kappa shape index (κ2) is 6.74. The summed E-state index contributed by atoms with van der Waals surface area (Å²) in [5.41, 5.74) is 1.16. The first-order valence-corrected chi connectivity index (χ1v) is 7.98. The number of halogens is 3. The molecule has 0 unspecified atom stereocenters. The SMILES string of the molecule is COc1ccc(Br)cc1NC(=O)c1cc(Br)cc(Br)c1. The molecular formula is C14H10Br3NO2. The predicted molar refractivity (Wildman–Crippen MR) is 90.5 cm³/mol. The van der Waals surface area contributed by atoms with E-state index >= 15 is 0 Å². The molecule has 0 bridgehead atoms. The molecule has 2 rings (SSSR count). The van der Waals surface area contributed by atoms with Gasteiger partial charge in [0.25, 0.3) is 5.91 Å². The van der Waals surface area contributed by atoms with Crippen molar-refractivity contribution < 1.29 is 9.53 Å². The van der Waals surface area contributed by atoms with E-state index in [4.69, 9.17) is 4.74 Å². The van der Waals surface area contributed by atoms with Crippen LogP contribution in [0.15, 0.2) is 49.8 Å². The van der Waals surface area contributed by atoms with Crippen LogP contribution in [0.3, 0.4) is 0 Å². The van der Waals surface area contributed by atoms with Crippen molar-refractivity contribution in [2.45, 2.75) is 0 Å². The zero-order chi connectivity index (χ0) is 14.7. The Bertz CT molecular complexity index is 639.